The number of carbonyl (C=O) groups excluding carboxylic acids is 1. The van der Waals surface area contributed by atoms with Crippen molar-refractivity contribution in [1.82, 2.24) is 15.3 Å². The van der Waals surface area contributed by atoms with Crippen LogP contribution >= 0.6 is 11.6 Å². The average molecular weight is 268 g/mol. The molecule has 1 aliphatic carbocycles. The molecule has 0 bridgehead atoms. The molecule has 0 unspecified atom stereocenters. The van der Waals surface area contributed by atoms with E-state index in [1.165, 1.54) is 31.7 Å². The Morgan fingerprint density at radius 2 is 2.06 bits per heavy atom. The highest BCUT2D eigenvalue weighted by atomic mass is 35.5. The van der Waals surface area contributed by atoms with Crippen LogP contribution in [0.15, 0.2) is 12.4 Å². The monoisotopic (exact) mass is 267 g/mol. The lowest BCUT2D eigenvalue weighted by Gasteiger charge is -2.28. The predicted molar refractivity (Wildman–Crippen MR) is 70.5 cm³/mol. The molecule has 5 heteroatoms. The normalized spacial score (nSPS) is 23.7. The molecule has 0 saturated heterocycles. The minimum Gasteiger partial charge on any atom is -0.348 e. The SMILES string of the molecule is CCC1CCC(NC(=O)c2cnc(Cl)cn2)CC1. The fraction of sp³-hybridized carbons (Fsp3) is 0.615. The largest absolute Gasteiger partial charge is 0.348 e. The first-order valence-electron chi connectivity index (χ1n) is 6.47. The molecule has 1 N–H and O–H groups in total. The fourth-order valence-corrected chi connectivity index (χ4v) is 2.50. The van der Waals surface area contributed by atoms with Gasteiger partial charge in [0.2, 0.25) is 0 Å². The molecule has 1 aromatic rings. The first-order chi connectivity index (χ1) is 8.69. The summed E-state index contributed by atoms with van der Waals surface area (Å²) >= 11 is 5.63. The Morgan fingerprint density at radius 3 is 2.61 bits per heavy atom. The Labute approximate surface area is 112 Å². The lowest BCUT2D eigenvalue weighted by atomic mass is 9.84. The van der Waals surface area contributed by atoms with Crippen molar-refractivity contribution in [1.29, 1.82) is 0 Å². The third-order valence-corrected chi connectivity index (χ3v) is 3.81. The smallest absolute Gasteiger partial charge is 0.271 e. The van der Waals surface area contributed by atoms with Crippen LogP contribution in [0.4, 0.5) is 0 Å². The molecule has 98 valence electrons. The van der Waals surface area contributed by atoms with Crippen molar-refractivity contribution < 1.29 is 4.79 Å². The number of hydrogen-bond acceptors (Lipinski definition) is 3. The number of aromatic nitrogens is 2. The van der Waals surface area contributed by atoms with Crippen molar-refractivity contribution in [2.24, 2.45) is 5.92 Å². The van der Waals surface area contributed by atoms with Crippen molar-refractivity contribution in [2.75, 3.05) is 0 Å². The molecular weight excluding hydrogens is 250 g/mol. The molecule has 0 spiro atoms. The zero-order valence-corrected chi connectivity index (χ0v) is 11.3. The van der Waals surface area contributed by atoms with Crippen LogP contribution < -0.4 is 5.32 Å². The van der Waals surface area contributed by atoms with E-state index in [1.54, 1.807) is 0 Å². The van der Waals surface area contributed by atoms with E-state index in [0.29, 0.717) is 10.8 Å². The Bertz CT molecular complexity index is 399. The highest BCUT2D eigenvalue weighted by Gasteiger charge is 2.22. The summed E-state index contributed by atoms with van der Waals surface area (Å²) in [5, 5.41) is 3.32. The molecule has 4 nitrogen and oxygen atoms in total. The fourth-order valence-electron chi connectivity index (χ4n) is 2.40. The highest BCUT2D eigenvalue weighted by molar-refractivity contribution is 6.29. The Kier molecular flexibility index (Phi) is 4.53. The summed E-state index contributed by atoms with van der Waals surface area (Å²) in [6.07, 6.45) is 8.57. The number of rotatable bonds is 3. The molecule has 2 rings (SSSR count). The summed E-state index contributed by atoms with van der Waals surface area (Å²) in [5.74, 6) is 0.674. The van der Waals surface area contributed by atoms with Gasteiger partial charge in [0.25, 0.3) is 5.91 Å². The quantitative estimate of drug-likeness (QED) is 0.916. The van der Waals surface area contributed by atoms with E-state index < -0.39 is 0 Å². The number of nitrogens with one attached hydrogen (secondary N) is 1. The van der Waals surface area contributed by atoms with Crippen LogP contribution in [0.3, 0.4) is 0 Å². The standard InChI is InChI=1S/C13H18ClN3O/c1-2-9-3-5-10(6-4-9)17-13(18)11-7-16-12(14)8-15-11/h7-10H,2-6H2,1H3,(H,17,18). The molecule has 0 radical (unpaired) electrons. The Hall–Kier alpha value is -1.16. The van der Waals surface area contributed by atoms with Crippen molar-refractivity contribution in [3.63, 3.8) is 0 Å². The summed E-state index contributed by atoms with van der Waals surface area (Å²) in [5.41, 5.74) is 0.331. The summed E-state index contributed by atoms with van der Waals surface area (Å²) < 4.78 is 0. The molecule has 18 heavy (non-hydrogen) atoms. The van der Waals surface area contributed by atoms with Gasteiger partial charge in [0, 0.05) is 6.04 Å². The van der Waals surface area contributed by atoms with Crippen LogP contribution in [0.1, 0.15) is 49.5 Å². The van der Waals surface area contributed by atoms with Crippen molar-refractivity contribution >= 4 is 17.5 Å². The number of nitrogens with zero attached hydrogens (tertiary/aromatic N) is 2. The lowest BCUT2D eigenvalue weighted by Crippen LogP contribution is -2.38. The van der Waals surface area contributed by atoms with Crippen molar-refractivity contribution in [3.05, 3.63) is 23.2 Å². The molecule has 1 saturated carbocycles. The van der Waals surface area contributed by atoms with E-state index in [9.17, 15) is 4.79 Å². The maximum atomic E-state index is 11.9. The van der Waals surface area contributed by atoms with Crippen LogP contribution in [0.25, 0.3) is 0 Å². The van der Waals surface area contributed by atoms with Gasteiger partial charge in [-0.15, -0.1) is 0 Å². The van der Waals surface area contributed by atoms with Gasteiger partial charge in [0.15, 0.2) is 0 Å². The van der Waals surface area contributed by atoms with E-state index in [0.717, 1.165) is 18.8 Å². The zero-order valence-electron chi connectivity index (χ0n) is 10.5. The molecule has 1 amide bonds. The second-order valence-electron chi connectivity index (χ2n) is 4.82. The van der Waals surface area contributed by atoms with Gasteiger partial charge in [-0.1, -0.05) is 24.9 Å². The summed E-state index contributed by atoms with van der Waals surface area (Å²) in [6, 6.07) is 0.276. The molecule has 1 fully saturated rings. The molecule has 0 aliphatic heterocycles. The van der Waals surface area contributed by atoms with E-state index in [1.807, 2.05) is 0 Å². The maximum Gasteiger partial charge on any atom is 0.271 e. The van der Waals surface area contributed by atoms with Gasteiger partial charge in [0.05, 0.1) is 12.4 Å². The zero-order chi connectivity index (χ0) is 13.0. The number of hydrogen-bond donors (Lipinski definition) is 1. The maximum absolute atomic E-state index is 11.9. The van der Waals surface area contributed by atoms with Crippen LogP contribution in [-0.4, -0.2) is 21.9 Å². The average Bonchev–Trinajstić information content (AvgIpc) is 2.40. The van der Waals surface area contributed by atoms with E-state index >= 15 is 0 Å². The minimum absolute atomic E-state index is 0.154. The Morgan fingerprint density at radius 1 is 1.33 bits per heavy atom. The van der Waals surface area contributed by atoms with Crippen LogP contribution in [0, 0.1) is 5.92 Å². The van der Waals surface area contributed by atoms with Crippen LogP contribution in [0.5, 0.6) is 0 Å². The van der Waals surface area contributed by atoms with Crippen molar-refractivity contribution in [3.8, 4) is 0 Å². The number of carbonyl (C=O) groups is 1. The molecular formula is C13H18ClN3O. The third-order valence-electron chi connectivity index (χ3n) is 3.61. The van der Waals surface area contributed by atoms with Crippen molar-refractivity contribution in [2.45, 2.75) is 45.1 Å². The minimum atomic E-state index is -0.154. The van der Waals surface area contributed by atoms with Gasteiger partial charge in [-0.05, 0) is 31.6 Å². The number of halogens is 1. The second kappa shape index (κ2) is 6.14. The summed E-state index contributed by atoms with van der Waals surface area (Å²) in [6.45, 7) is 2.23. The summed E-state index contributed by atoms with van der Waals surface area (Å²) in [7, 11) is 0. The van der Waals surface area contributed by atoms with Gasteiger partial charge >= 0.3 is 0 Å². The van der Waals surface area contributed by atoms with Gasteiger partial charge in [0.1, 0.15) is 10.8 Å². The molecule has 0 aromatic carbocycles. The molecule has 0 atom stereocenters. The van der Waals surface area contributed by atoms with Gasteiger partial charge in [-0.25, -0.2) is 9.97 Å². The van der Waals surface area contributed by atoms with Crippen LogP contribution in [0.2, 0.25) is 5.15 Å². The topological polar surface area (TPSA) is 54.9 Å². The number of amides is 1. The molecule has 1 aromatic heterocycles. The lowest BCUT2D eigenvalue weighted by molar-refractivity contribution is 0.0916. The van der Waals surface area contributed by atoms with E-state index in [-0.39, 0.29) is 11.9 Å². The molecule has 1 heterocycles. The van der Waals surface area contributed by atoms with E-state index in [2.05, 4.69) is 22.2 Å². The Balaban J connectivity index is 1.86. The van der Waals surface area contributed by atoms with Crippen LogP contribution in [-0.2, 0) is 0 Å². The first-order valence-corrected chi connectivity index (χ1v) is 6.85. The predicted octanol–water partition coefficient (Wildman–Crippen LogP) is 2.83. The first kappa shape index (κ1) is 13.3. The van der Waals surface area contributed by atoms with E-state index in [4.69, 9.17) is 11.6 Å². The summed E-state index contributed by atoms with van der Waals surface area (Å²) in [4.78, 5) is 19.7. The van der Waals surface area contributed by atoms with Gasteiger partial charge < -0.3 is 5.32 Å². The van der Waals surface area contributed by atoms with Gasteiger partial charge in [-0.2, -0.15) is 0 Å². The highest BCUT2D eigenvalue weighted by Crippen LogP contribution is 2.26. The third kappa shape index (κ3) is 3.42. The molecule has 1 aliphatic rings. The second-order valence-corrected chi connectivity index (χ2v) is 5.21. The van der Waals surface area contributed by atoms with Gasteiger partial charge in [-0.3, -0.25) is 4.79 Å².